The second-order valence-electron chi connectivity index (χ2n) is 4.96. The monoisotopic (exact) mass is 361 g/mol. The maximum absolute atomic E-state index is 12.3. The van der Waals surface area contributed by atoms with Gasteiger partial charge < -0.3 is 10.6 Å². The van der Waals surface area contributed by atoms with Gasteiger partial charge >= 0.3 is 0 Å². The molecular formula is C17H19N3O2S2. The van der Waals surface area contributed by atoms with Crippen molar-refractivity contribution in [1.82, 2.24) is 10.0 Å². The van der Waals surface area contributed by atoms with E-state index in [-0.39, 0.29) is 11.4 Å². The van der Waals surface area contributed by atoms with E-state index < -0.39 is 10.0 Å². The van der Waals surface area contributed by atoms with Gasteiger partial charge in [-0.05, 0) is 42.0 Å². The summed E-state index contributed by atoms with van der Waals surface area (Å²) in [6.45, 7) is 4.40. The molecule has 0 aliphatic carbocycles. The summed E-state index contributed by atoms with van der Waals surface area (Å²) in [5, 5.41) is 6.36. The molecule has 5 nitrogen and oxygen atoms in total. The number of benzene rings is 2. The Labute approximate surface area is 147 Å². The molecule has 0 unspecified atom stereocenters. The molecule has 0 amide bonds. The lowest BCUT2D eigenvalue weighted by molar-refractivity contribution is 0.581. The molecule has 126 valence electrons. The van der Waals surface area contributed by atoms with E-state index in [9.17, 15) is 8.42 Å². The molecule has 2 rings (SSSR count). The zero-order valence-corrected chi connectivity index (χ0v) is 14.7. The highest BCUT2D eigenvalue weighted by Gasteiger charge is 2.13. The van der Waals surface area contributed by atoms with Gasteiger partial charge in [-0.2, -0.15) is 0 Å². The van der Waals surface area contributed by atoms with Crippen LogP contribution in [0.3, 0.4) is 0 Å². The topological polar surface area (TPSA) is 70.2 Å². The van der Waals surface area contributed by atoms with E-state index in [0.717, 1.165) is 5.56 Å². The molecule has 2 aromatic rings. The van der Waals surface area contributed by atoms with Crippen LogP contribution in [0.5, 0.6) is 0 Å². The number of thiocarbonyl (C=S) groups is 1. The average Bonchev–Trinajstić information content (AvgIpc) is 2.60. The lowest BCUT2D eigenvalue weighted by atomic mass is 10.2. The fourth-order valence-electron chi connectivity index (χ4n) is 1.92. The fourth-order valence-corrected chi connectivity index (χ4v) is 3.13. The number of nitrogens with one attached hydrogen (secondary N) is 3. The third-order valence-electron chi connectivity index (χ3n) is 3.14. The Kier molecular flexibility index (Phi) is 6.48. The number of hydrogen-bond acceptors (Lipinski definition) is 3. The van der Waals surface area contributed by atoms with Crippen LogP contribution in [-0.4, -0.2) is 20.1 Å². The van der Waals surface area contributed by atoms with Crippen molar-refractivity contribution >= 4 is 33.0 Å². The van der Waals surface area contributed by atoms with E-state index in [2.05, 4.69) is 21.9 Å². The van der Waals surface area contributed by atoms with Crippen LogP contribution in [-0.2, 0) is 16.6 Å². The van der Waals surface area contributed by atoms with E-state index in [0.29, 0.717) is 17.3 Å². The molecule has 0 aliphatic heterocycles. The van der Waals surface area contributed by atoms with Crippen LogP contribution in [0.1, 0.15) is 5.56 Å². The molecule has 0 atom stereocenters. The summed E-state index contributed by atoms with van der Waals surface area (Å²) >= 11 is 5.10. The van der Waals surface area contributed by atoms with Gasteiger partial charge in [-0.3, -0.25) is 0 Å². The molecule has 0 saturated heterocycles. The van der Waals surface area contributed by atoms with Crippen LogP contribution >= 0.6 is 12.2 Å². The second-order valence-corrected chi connectivity index (χ2v) is 7.13. The van der Waals surface area contributed by atoms with Crippen molar-refractivity contribution in [2.24, 2.45) is 0 Å². The minimum absolute atomic E-state index is 0.203. The predicted octanol–water partition coefficient (Wildman–Crippen LogP) is 2.64. The molecule has 24 heavy (non-hydrogen) atoms. The number of rotatable bonds is 7. The van der Waals surface area contributed by atoms with Crippen LogP contribution in [0.4, 0.5) is 5.69 Å². The lowest BCUT2D eigenvalue weighted by Crippen LogP contribution is -2.28. The average molecular weight is 361 g/mol. The minimum Gasteiger partial charge on any atom is -0.359 e. The standard InChI is InChI=1S/C17H19N3O2S2/c1-2-12-18-17(23)20-15-8-10-16(11-9-15)24(21,22)19-13-14-6-4-3-5-7-14/h2-11,19H,1,12-13H2,(H2,18,20,23). The predicted molar refractivity (Wildman–Crippen MR) is 101 cm³/mol. The minimum atomic E-state index is -3.56. The Hall–Kier alpha value is -2.22. The highest BCUT2D eigenvalue weighted by Crippen LogP contribution is 2.14. The summed E-state index contributed by atoms with van der Waals surface area (Å²) in [7, 11) is -3.56. The SMILES string of the molecule is C=CCNC(=S)Nc1ccc(S(=O)(=O)NCc2ccccc2)cc1. The zero-order valence-electron chi connectivity index (χ0n) is 13.0. The maximum Gasteiger partial charge on any atom is 0.240 e. The maximum atomic E-state index is 12.3. The van der Waals surface area contributed by atoms with Gasteiger partial charge in [0, 0.05) is 18.8 Å². The highest BCUT2D eigenvalue weighted by molar-refractivity contribution is 7.89. The first-order valence-corrected chi connectivity index (χ1v) is 9.20. The molecule has 0 fully saturated rings. The normalized spacial score (nSPS) is 10.8. The first-order chi connectivity index (χ1) is 11.5. The van der Waals surface area contributed by atoms with Crippen molar-refractivity contribution in [3.63, 3.8) is 0 Å². The summed E-state index contributed by atoms with van der Waals surface area (Å²) < 4.78 is 27.2. The van der Waals surface area contributed by atoms with Gasteiger partial charge in [0.15, 0.2) is 5.11 Å². The lowest BCUT2D eigenvalue weighted by Gasteiger charge is -2.10. The van der Waals surface area contributed by atoms with Gasteiger partial charge in [0.05, 0.1) is 4.90 Å². The first-order valence-electron chi connectivity index (χ1n) is 7.30. The van der Waals surface area contributed by atoms with Crippen molar-refractivity contribution in [3.8, 4) is 0 Å². The van der Waals surface area contributed by atoms with Crippen LogP contribution < -0.4 is 15.4 Å². The largest absolute Gasteiger partial charge is 0.359 e. The summed E-state index contributed by atoms with van der Waals surface area (Å²) in [5.74, 6) is 0. The van der Waals surface area contributed by atoms with Crippen LogP contribution in [0, 0.1) is 0 Å². The molecule has 0 heterocycles. The molecular weight excluding hydrogens is 342 g/mol. The van der Waals surface area contributed by atoms with Gasteiger partial charge in [0.25, 0.3) is 0 Å². The van der Waals surface area contributed by atoms with Crippen molar-refractivity contribution in [3.05, 3.63) is 72.8 Å². The molecule has 0 spiro atoms. The van der Waals surface area contributed by atoms with Gasteiger partial charge in [0.1, 0.15) is 0 Å². The Morgan fingerprint density at radius 1 is 1.08 bits per heavy atom. The Morgan fingerprint density at radius 2 is 1.75 bits per heavy atom. The molecule has 7 heteroatoms. The highest BCUT2D eigenvalue weighted by atomic mass is 32.2. The van der Waals surface area contributed by atoms with Gasteiger partial charge in [-0.25, -0.2) is 13.1 Å². The van der Waals surface area contributed by atoms with E-state index in [4.69, 9.17) is 12.2 Å². The molecule has 0 bridgehead atoms. The van der Waals surface area contributed by atoms with Crippen molar-refractivity contribution in [2.75, 3.05) is 11.9 Å². The van der Waals surface area contributed by atoms with Gasteiger partial charge in [0.2, 0.25) is 10.0 Å². The van der Waals surface area contributed by atoms with E-state index in [1.165, 1.54) is 12.1 Å². The van der Waals surface area contributed by atoms with Crippen molar-refractivity contribution in [2.45, 2.75) is 11.4 Å². The first kappa shape index (κ1) is 18.1. The van der Waals surface area contributed by atoms with Crippen molar-refractivity contribution < 1.29 is 8.42 Å². The summed E-state index contributed by atoms with van der Waals surface area (Å²) in [6.07, 6.45) is 1.70. The quantitative estimate of drug-likeness (QED) is 0.522. The molecule has 0 radical (unpaired) electrons. The molecule has 0 aromatic heterocycles. The van der Waals surface area contributed by atoms with Crippen LogP contribution in [0.25, 0.3) is 0 Å². The van der Waals surface area contributed by atoms with E-state index in [1.54, 1.807) is 18.2 Å². The number of hydrogen-bond donors (Lipinski definition) is 3. The van der Waals surface area contributed by atoms with E-state index >= 15 is 0 Å². The Morgan fingerprint density at radius 3 is 2.38 bits per heavy atom. The third kappa shape index (κ3) is 5.45. The van der Waals surface area contributed by atoms with E-state index in [1.807, 2.05) is 30.3 Å². The van der Waals surface area contributed by atoms with Crippen LogP contribution in [0.2, 0.25) is 0 Å². The smallest absolute Gasteiger partial charge is 0.240 e. The number of anilines is 1. The number of sulfonamides is 1. The summed E-state index contributed by atoms with van der Waals surface area (Å²) in [5.41, 5.74) is 1.61. The molecule has 2 aromatic carbocycles. The third-order valence-corrected chi connectivity index (χ3v) is 4.80. The Bertz CT molecular complexity index is 788. The molecule has 0 aliphatic rings. The second kappa shape index (κ2) is 8.58. The zero-order chi connectivity index (χ0) is 17.4. The molecule has 0 saturated carbocycles. The summed E-state index contributed by atoms with van der Waals surface area (Å²) in [4.78, 5) is 0.203. The van der Waals surface area contributed by atoms with Gasteiger partial charge in [-0.15, -0.1) is 6.58 Å². The molecule has 3 N–H and O–H groups in total. The summed E-state index contributed by atoms with van der Waals surface area (Å²) in [6, 6.07) is 15.8. The van der Waals surface area contributed by atoms with Crippen molar-refractivity contribution in [1.29, 1.82) is 0 Å². The van der Waals surface area contributed by atoms with Gasteiger partial charge in [-0.1, -0.05) is 36.4 Å². The van der Waals surface area contributed by atoms with Crippen LogP contribution in [0.15, 0.2) is 72.1 Å². The fraction of sp³-hybridized carbons (Fsp3) is 0.118. The Balaban J connectivity index is 1.98.